The van der Waals surface area contributed by atoms with Crippen molar-refractivity contribution in [3.05, 3.63) is 59.4 Å². The Labute approximate surface area is 110 Å². The molecule has 0 radical (unpaired) electrons. The molecule has 0 atom stereocenters. The fourth-order valence-corrected chi connectivity index (χ4v) is 1.72. The van der Waals surface area contributed by atoms with Gasteiger partial charge in [0.1, 0.15) is 22.3 Å². The lowest BCUT2D eigenvalue weighted by molar-refractivity contribution is 0.479. The number of thiocarbonyl (C=S) groups is 1. The van der Waals surface area contributed by atoms with Gasteiger partial charge in [-0.25, -0.2) is 4.39 Å². The van der Waals surface area contributed by atoms with Crippen LogP contribution in [0.2, 0.25) is 0 Å². The first-order chi connectivity index (χ1) is 8.56. The van der Waals surface area contributed by atoms with Crippen molar-refractivity contribution in [3.63, 3.8) is 0 Å². The van der Waals surface area contributed by atoms with Crippen LogP contribution in [0.1, 0.15) is 11.1 Å². The summed E-state index contributed by atoms with van der Waals surface area (Å²) in [5.41, 5.74) is 7.33. The Morgan fingerprint density at radius 3 is 2.44 bits per heavy atom. The zero-order valence-electron chi connectivity index (χ0n) is 9.81. The number of aryl methyl sites for hydroxylation is 1. The number of hydrogen-bond acceptors (Lipinski definition) is 2. The fraction of sp³-hybridized carbons (Fsp3) is 0.0714. The summed E-state index contributed by atoms with van der Waals surface area (Å²) < 4.78 is 18.5. The molecule has 2 N–H and O–H groups in total. The average Bonchev–Trinajstić information content (AvgIpc) is 2.32. The second kappa shape index (κ2) is 5.14. The lowest BCUT2D eigenvalue weighted by Gasteiger charge is -2.11. The highest BCUT2D eigenvalue weighted by Crippen LogP contribution is 2.26. The molecular formula is C14H12FNOS. The molecule has 2 aromatic rings. The molecule has 0 heterocycles. The van der Waals surface area contributed by atoms with Gasteiger partial charge < -0.3 is 10.5 Å². The van der Waals surface area contributed by atoms with Gasteiger partial charge in [0, 0.05) is 0 Å². The van der Waals surface area contributed by atoms with Crippen molar-refractivity contribution in [3.8, 4) is 11.5 Å². The van der Waals surface area contributed by atoms with Crippen LogP contribution in [-0.2, 0) is 0 Å². The molecule has 0 aliphatic rings. The SMILES string of the molecule is Cc1ccc(C(N)=S)c(Oc2ccc(F)cc2)c1. The van der Waals surface area contributed by atoms with Crippen molar-refractivity contribution in [2.75, 3.05) is 0 Å². The Bertz CT molecular complexity index is 581. The monoisotopic (exact) mass is 261 g/mol. The van der Waals surface area contributed by atoms with Gasteiger partial charge in [0.2, 0.25) is 0 Å². The minimum Gasteiger partial charge on any atom is -0.457 e. The van der Waals surface area contributed by atoms with Crippen LogP contribution in [0.4, 0.5) is 4.39 Å². The normalized spacial score (nSPS) is 10.1. The molecule has 0 saturated heterocycles. The predicted octanol–water partition coefficient (Wildman–Crippen LogP) is 3.56. The molecule has 0 saturated carbocycles. The molecule has 0 bridgehead atoms. The van der Waals surface area contributed by atoms with Crippen molar-refractivity contribution < 1.29 is 9.13 Å². The number of nitrogens with two attached hydrogens (primary N) is 1. The van der Waals surface area contributed by atoms with E-state index in [1.54, 1.807) is 12.1 Å². The lowest BCUT2D eigenvalue weighted by Crippen LogP contribution is -2.10. The number of benzene rings is 2. The van der Waals surface area contributed by atoms with Crippen molar-refractivity contribution >= 4 is 17.2 Å². The maximum absolute atomic E-state index is 12.8. The molecular weight excluding hydrogens is 249 g/mol. The van der Waals surface area contributed by atoms with Crippen molar-refractivity contribution in [2.45, 2.75) is 6.92 Å². The van der Waals surface area contributed by atoms with E-state index >= 15 is 0 Å². The Morgan fingerprint density at radius 2 is 1.83 bits per heavy atom. The Balaban J connectivity index is 2.35. The van der Waals surface area contributed by atoms with Crippen LogP contribution in [0.25, 0.3) is 0 Å². The third-order valence-corrected chi connectivity index (χ3v) is 2.66. The zero-order chi connectivity index (χ0) is 13.1. The van der Waals surface area contributed by atoms with E-state index in [4.69, 9.17) is 22.7 Å². The molecule has 0 aromatic heterocycles. The van der Waals surface area contributed by atoms with E-state index in [2.05, 4.69) is 0 Å². The summed E-state index contributed by atoms with van der Waals surface area (Å²) in [6.45, 7) is 1.95. The van der Waals surface area contributed by atoms with E-state index in [0.29, 0.717) is 17.1 Å². The molecule has 4 heteroatoms. The molecule has 2 nitrogen and oxygen atoms in total. The predicted molar refractivity (Wildman–Crippen MR) is 73.5 cm³/mol. The summed E-state index contributed by atoms with van der Waals surface area (Å²) in [5, 5.41) is 0. The summed E-state index contributed by atoms with van der Waals surface area (Å²) >= 11 is 4.97. The molecule has 2 rings (SSSR count). The van der Waals surface area contributed by atoms with Gasteiger partial charge in [-0.15, -0.1) is 0 Å². The molecule has 0 amide bonds. The van der Waals surface area contributed by atoms with Crippen molar-refractivity contribution in [2.24, 2.45) is 5.73 Å². The quantitative estimate of drug-likeness (QED) is 0.858. The summed E-state index contributed by atoms with van der Waals surface area (Å²) in [6.07, 6.45) is 0. The first-order valence-corrected chi connectivity index (χ1v) is 5.81. The lowest BCUT2D eigenvalue weighted by atomic mass is 10.1. The van der Waals surface area contributed by atoms with E-state index in [-0.39, 0.29) is 10.8 Å². The Morgan fingerprint density at radius 1 is 1.17 bits per heavy atom. The number of ether oxygens (including phenoxy) is 1. The smallest absolute Gasteiger partial charge is 0.137 e. The third kappa shape index (κ3) is 2.84. The molecule has 0 unspecified atom stereocenters. The highest BCUT2D eigenvalue weighted by molar-refractivity contribution is 7.80. The van der Waals surface area contributed by atoms with Crippen LogP contribution >= 0.6 is 12.2 Å². The first-order valence-electron chi connectivity index (χ1n) is 5.40. The molecule has 0 aliphatic heterocycles. The molecule has 0 aliphatic carbocycles. The minimum absolute atomic E-state index is 0.270. The van der Waals surface area contributed by atoms with Crippen molar-refractivity contribution in [1.82, 2.24) is 0 Å². The Kier molecular flexibility index (Phi) is 3.58. The fourth-order valence-electron chi connectivity index (χ4n) is 1.55. The van der Waals surface area contributed by atoms with E-state index in [1.165, 1.54) is 12.1 Å². The van der Waals surface area contributed by atoms with Gasteiger partial charge in [0.15, 0.2) is 0 Å². The molecule has 0 fully saturated rings. The van der Waals surface area contributed by atoms with Crippen LogP contribution < -0.4 is 10.5 Å². The highest BCUT2D eigenvalue weighted by Gasteiger charge is 2.08. The van der Waals surface area contributed by atoms with Gasteiger partial charge in [-0.2, -0.15) is 0 Å². The van der Waals surface area contributed by atoms with Gasteiger partial charge in [-0.1, -0.05) is 18.3 Å². The van der Waals surface area contributed by atoms with Gasteiger partial charge in [-0.3, -0.25) is 0 Å². The number of rotatable bonds is 3. The van der Waals surface area contributed by atoms with Gasteiger partial charge in [-0.05, 0) is 48.9 Å². The minimum atomic E-state index is -0.304. The zero-order valence-corrected chi connectivity index (χ0v) is 10.6. The van der Waals surface area contributed by atoms with Gasteiger partial charge in [0.05, 0.1) is 5.56 Å². The Hall–Kier alpha value is -1.94. The molecule has 18 heavy (non-hydrogen) atoms. The highest BCUT2D eigenvalue weighted by atomic mass is 32.1. The van der Waals surface area contributed by atoms with Crippen LogP contribution in [0.15, 0.2) is 42.5 Å². The summed E-state index contributed by atoms with van der Waals surface area (Å²) in [7, 11) is 0. The van der Waals surface area contributed by atoms with Gasteiger partial charge in [0.25, 0.3) is 0 Å². The molecule has 0 spiro atoms. The van der Waals surface area contributed by atoms with Crippen LogP contribution in [0.3, 0.4) is 0 Å². The topological polar surface area (TPSA) is 35.2 Å². The summed E-state index contributed by atoms with van der Waals surface area (Å²) in [6, 6.07) is 11.4. The summed E-state index contributed by atoms with van der Waals surface area (Å²) in [5.74, 6) is 0.815. The number of hydrogen-bond donors (Lipinski definition) is 1. The standard InChI is InChI=1S/C14H12FNOS/c1-9-2-7-12(14(16)18)13(8-9)17-11-5-3-10(15)4-6-11/h2-8H,1H3,(H2,16,18). The van der Waals surface area contributed by atoms with E-state index in [1.807, 2.05) is 25.1 Å². The van der Waals surface area contributed by atoms with Crippen LogP contribution in [0, 0.1) is 12.7 Å². The molecule has 2 aromatic carbocycles. The maximum Gasteiger partial charge on any atom is 0.137 e. The van der Waals surface area contributed by atoms with Gasteiger partial charge >= 0.3 is 0 Å². The largest absolute Gasteiger partial charge is 0.457 e. The molecule has 92 valence electrons. The van der Waals surface area contributed by atoms with E-state index < -0.39 is 0 Å². The second-order valence-electron chi connectivity index (χ2n) is 3.92. The van der Waals surface area contributed by atoms with E-state index in [0.717, 1.165) is 5.56 Å². The second-order valence-corrected chi connectivity index (χ2v) is 4.36. The maximum atomic E-state index is 12.8. The van der Waals surface area contributed by atoms with Crippen LogP contribution in [-0.4, -0.2) is 4.99 Å². The number of halogens is 1. The first kappa shape index (κ1) is 12.5. The summed E-state index contributed by atoms with van der Waals surface area (Å²) in [4.78, 5) is 0.270. The van der Waals surface area contributed by atoms with Crippen LogP contribution in [0.5, 0.6) is 11.5 Å². The third-order valence-electron chi connectivity index (χ3n) is 2.44. The van der Waals surface area contributed by atoms with E-state index in [9.17, 15) is 4.39 Å². The average molecular weight is 261 g/mol. The van der Waals surface area contributed by atoms with Crippen molar-refractivity contribution in [1.29, 1.82) is 0 Å².